The van der Waals surface area contributed by atoms with Gasteiger partial charge in [0, 0.05) is 18.8 Å². The fourth-order valence-corrected chi connectivity index (χ4v) is 3.74. The lowest BCUT2D eigenvalue weighted by atomic mass is 10.2. The summed E-state index contributed by atoms with van der Waals surface area (Å²) < 4.78 is 22.7. The zero-order valence-electron chi connectivity index (χ0n) is 10.7. The Morgan fingerprint density at radius 1 is 1.53 bits per heavy atom. The lowest BCUT2D eigenvalue weighted by Gasteiger charge is -2.13. The van der Waals surface area contributed by atoms with E-state index in [0.717, 1.165) is 0 Å². The number of rotatable bonds is 4. The Labute approximate surface area is 112 Å². The van der Waals surface area contributed by atoms with Gasteiger partial charge in [-0.15, -0.1) is 0 Å². The fraction of sp³-hybridized carbons (Fsp3) is 0.500. The van der Waals surface area contributed by atoms with Gasteiger partial charge in [0.25, 0.3) is 5.91 Å². The van der Waals surface area contributed by atoms with Gasteiger partial charge in [-0.3, -0.25) is 4.79 Å². The van der Waals surface area contributed by atoms with Crippen molar-refractivity contribution >= 4 is 21.6 Å². The minimum absolute atomic E-state index is 0.0234. The van der Waals surface area contributed by atoms with Crippen LogP contribution >= 0.6 is 0 Å². The minimum atomic E-state index is -2.99. The summed E-state index contributed by atoms with van der Waals surface area (Å²) in [6, 6.07) is 3.05. The van der Waals surface area contributed by atoms with E-state index in [1.54, 1.807) is 18.3 Å². The zero-order chi connectivity index (χ0) is 13.9. The topological polar surface area (TPSA) is 88.2 Å². The summed E-state index contributed by atoms with van der Waals surface area (Å²) in [4.78, 5) is 16.2. The first-order chi connectivity index (χ1) is 9.02. The van der Waals surface area contributed by atoms with Gasteiger partial charge in [0.15, 0.2) is 9.84 Å². The minimum Gasteiger partial charge on any atom is -0.370 e. The van der Waals surface area contributed by atoms with Crippen LogP contribution in [0.15, 0.2) is 18.3 Å². The molecule has 1 fully saturated rings. The number of anilines is 1. The second-order valence-electron chi connectivity index (χ2n) is 4.50. The van der Waals surface area contributed by atoms with Crippen LogP contribution in [-0.2, 0) is 9.84 Å². The highest BCUT2D eigenvalue weighted by molar-refractivity contribution is 7.91. The van der Waals surface area contributed by atoms with Gasteiger partial charge >= 0.3 is 0 Å². The molecule has 0 aromatic carbocycles. The van der Waals surface area contributed by atoms with E-state index in [0.29, 0.717) is 24.3 Å². The normalized spacial score (nSPS) is 21.0. The van der Waals surface area contributed by atoms with Gasteiger partial charge in [0.2, 0.25) is 0 Å². The van der Waals surface area contributed by atoms with Crippen molar-refractivity contribution in [1.29, 1.82) is 0 Å². The summed E-state index contributed by atoms with van der Waals surface area (Å²) in [6.07, 6.45) is 2.08. The van der Waals surface area contributed by atoms with E-state index in [-0.39, 0.29) is 23.5 Å². The fourth-order valence-electron chi connectivity index (χ4n) is 2.07. The highest BCUT2D eigenvalue weighted by Gasteiger charge is 2.29. The van der Waals surface area contributed by atoms with Gasteiger partial charge in [-0.2, -0.15) is 0 Å². The second-order valence-corrected chi connectivity index (χ2v) is 6.73. The molecule has 1 atom stereocenters. The Morgan fingerprint density at radius 3 is 2.95 bits per heavy atom. The maximum absolute atomic E-state index is 12.1. The average molecular weight is 283 g/mol. The second kappa shape index (κ2) is 5.56. The molecule has 2 rings (SSSR count). The largest absolute Gasteiger partial charge is 0.370 e. The Morgan fingerprint density at radius 2 is 2.32 bits per heavy atom. The van der Waals surface area contributed by atoms with Crippen molar-refractivity contribution in [3.63, 3.8) is 0 Å². The van der Waals surface area contributed by atoms with Crippen LogP contribution in [0.3, 0.4) is 0 Å². The smallest absolute Gasteiger partial charge is 0.255 e. The maximum atomic E-state index is 12.1. The molecule has 1 aromatic rings. The third-order valence-electron chi connectivity index (χ3n) is 2.96. The number of nitrogens with zero attached hydrogens (tertiary/aromatic N) is 1. The number of carbonyl (C=O) groups excluding carboxylic acids is 1. The van der Waals surface area contributed by atoms with Crippen LogP contribution in [0.2, 0.25) is 0 Å². The first-order valence-corrected chi connectivity index (χ1v) is 8.04. The number of aromatic nitrogens is 1. The van der Waals surface area contributed by atoms with Crippen molar-refractivity contribution in [2.24, 2.45) is 0 Å². The quantitative estimate of drug-likeness (QED) is 0.836. The van der Waals surface area contributed by atoms with Crippen molar-refractivity contribution in [1.82, 2.24) is 10.3 Å². The van der Waals surface area contributed by atoms with Crippen LogP contribution in [0.1, 0.15) is 23.7 Å². The molecule has 0 saturated carbocycles. The average Bonchev–Trinajstić information content (AvgIpc) is 2.69. The van der Waals surface area contributed by atoms with Gasteiger partial charge < -0.3 is 10.6 Å². The lowest BCUT2D eigenvalue weighted by Crippen LogP contribution is -2.36. The molecule has 1 saturated heterocycles. The Hall–Kier alpha value is -1.63. The number of sulfone groups is 1. The van der Waals surface area contributed by atoms with Crippen molar-refractivity contribution in [3.8, 4) is 0 Å². The molecule has 6 nitrogen and oxygen atoms in total. The molecule has 2 N–H and O–H groups in total. The summed E-state index contributed by atoms with van der Waals surface area (Å²) >= 11 is 0. The molecule has 19 heavy (non-hydrogen) atoms. The molecule has 0 aliphatic carbocycles. The van der Waals surface area contributed by atoms with E-state index in [1.807, 2.05) is 6.92 Å². The van der Waals surface area contributed by atoms with Crippen LogP contribution < -0.4 is 10.6 Å². The van der Waals surface area contributed by atoms with Crippen LogP contribution in [0.25, 0.3) is 0 Å². The van der Waals surface area contributed by atoms with E-state index >= 15 is 0 Å². The molecule has 2 heterocycles. The van der Waals surface area contributed by atoms with Crippen molar-refractivity contribution < 1.29 is 13.2 Å². The van der Waals surface area contributed by atoms with Crippen LogP contribution in [-0.4, -0.2) is 43.4 Å². The van der Waals surface area contributed by atoms with Gasteiger partial charge in [-0.05, 0) is 25.5 Å². The van der Waals surface area contributed by atoms with Crippen molar-refractivity contribution in [3.05, 3.63) is 23.9 Å². The predicted octanol–water partition coefficient (Wildman–Crippen LogP) is 0.430. The molecule has 0 bridgehead atoms. The predicted molar refractivity (Wildman–Crippen MR) is 72.9 cm³/mol. The Bertz CT molecular complexity index is 571. The summed E-state index contributed by atoms with van der Waals surface area (Å²) in [5.74, 6) is 0.398. The standard InChI is InChI=1S/C12H17N3O3S/c1-2-13-11-10(4-3-6-14-11)12(16)15-9-5-7-19(17,18)8-9/h3-4,6,9H,2,5,7-8H2,1H3,(H,13,14)(H,15,16). The molecule has 1 aromatic heterocycles. The van der Waals surface area contributed by atoms with E-state index in [1.165, 1.54) is 0 Å². The molecular weight excluding hydrogens is 266 g/mol. The van der Waals surface area contributed by atoms with Crippen LogP contribution in [0, 0.1) is 0 Å². The Kier molecular flexibility index (Phi) is 4.04. The number of pyridine rings is 1. The molecule has 104 valence electrons. The zero-order valence-corrected chi connectivity index (χ0v) is 11.5. The third-order valence-corrected chi connectivity index (χ3v) is 4.73. The highest BCUT2D eigenvalue weighted by atomic mass is 32.2. The highest BCUT2D eigenvalue weighted by Crippen LogP contribution is 2.15. The van der Waals surface area contributed by atoms with Gasteiger partial charge in [0.1, 0.15) is 5.82 Å². The van der Waals surface area contributed by atoms with Gasteiger partial charge in [-0.25, -0.2) is 13.4 Å². The summed E-state index contributed by atoms with van der Waals surface area (Å²) in [5.41, 5.74) is 0.439. The lowest BCUT2D eigenvalue weighted by molar-refractivity contribution is 0.0941. The van der Waals surface area contributed by atoms with E-state index < -0.39 is 9.84 Å². The molecule has 1 unspecified atom stereocenters. The number of hydrogen-bond acceptors (Lipinski definition) is 5. The number of nitrogens with one attached hydrogen (secondary N) is 2. The maximum Gasteiger partial charge on any atom is 0.255 e. The third kappa shape index (κ3) is 3.44. The number of carbonyl (C=O) groups is 1. The first-order valence-electron chi connectivity index (χ1n) is 6.22. The van der Waals surface area contributed by atoms with Crippen LogP contribution in [0.4, 0.5) is 5.82 Å². The van der Waals surface area contributed by atoms with Crippen LogP contribution in [0.5, 0.6) is 0 Å². The summed E-state index contributed by atoms with van der Waals surface area (Å²) in [5, 5.41) is 5.76. The molecule has 1 aliphatic heterocycles. The molecule has 0 spiro atoms. The molecule has 7 heteroatoms. The molecular formula is C12H17N3O3S. The molecule has 0 radical (unpaired) electrons. The molecule has 1 amide bonds. The Balaban J connectivity index is 2.08. The molecule has 1 aliphatic rings. The van der Waals surface area contributed by atoms with Gasteiger partial charge in [0.05, 0.1) is 17.1 Å². The number of amides is 1. The van der Waals surface area contributed by atoms with E-state index in [9.17, 15) is 13.2 Å². The SMILES string of the molecule is CCNc1ncccc1C(=O)NC1CCS(=O)(=O)C1. The van der Waals surface area contributed by atoms with Crippen molar-refractivity contribution in [2.75, 3.05) is 23.4 Å². The summed E-state index contributed by atoms with van der Waals surface area (Å²) in [7, 11) is -2.99. The van der Waals surface area contributed by atoms with Gasteiger partial charge in [-0.1, -0.05) is 0 Å². The van der Waals surface area contributed by atoms with E-state index in [4.69, 9.17) is 0 Å². The van der Waals surface area contributed by atoms with Crippen molar-refractivity contribution in [2.45, 2.75) is 19.4 Å². The van der Waals surface area contributed by atoms with E-state index in [2.05, 4.69) is 15.6 Å². The summed E-state index contributed by atoms with van der Waals surface area (Å²) in [6.45, 7) is 2.58. The number of hydrogen-bond donors (Lipinski definition) is 2. The monoisotopic (exact) mass is 283 g/mol. The first kappa shape index (κ1) is 13.8.